The van der Waals surface area contributed by atoms with E-state index in [-0.39, 0.29) is 23.2 Å². The minimum Gasteiger partial charge on any atom is -0.508 e. The summed E-state index contributed by atoms with van der Waals surface area (Å²) in [5, 5.41) is 18.7. The van der Waals surface area contributed by atoms with E-state index in [9.17, 15) is 15.0 Å². The summed E-state index contributed by atoms with van der Waals surface area (Å²) in [4.78, 5) is 12.5. The molecule has 0 spiro atoms. The number of Topliss-reactive ketones (excluding diaryl/α,β-unsaturated/α-hetero) is 1. The average Bonchev–Trinajstić information content (AvgIpc) is 2.44. The highest BCUT2D eigenvalue weighted by atomic mass is 16.3. The molecule has 2 N–H and O–H groups in total. The van der Waals surface area contributed by atoms with Crippen molar-refractivity contribution in [1.29, 1.82) is 0 Å². The second-order valence-corrected chi connectivity index (χ2v) is 5.31. The minimum absolute atomic E-state index is 0.0171. The van der Waals surface area contributed by atoms with E-state index in [0.717, 1.165) is 29.5 Å². The number of phenols is 2. The van der Waals surface area contributed by atoms with Crippen LogP contribution in [0.25, 0.3) is 0 Å². The van der Waals surface area contributed by atoms with Crippen molar-refractivity contribution in [3.63, 3.8) is 0 Å². The van der Waals surface area contributed by atoms with E-state index in [1.165, 1.54) is 0 Å². The summed E-state index contributed by atoms with van der Waals surface area (Å²) < 4.78 is 0. The van der Waals surface area contributed by atoms with Crippen LogP contribution in [-0.2, 0) is 12.8 Å². The lowest BCUT2D eigenvalue weighted by Crippen LogP contribution is -2.24. The molecule has 20 heavy (non-hydrogen) atoms. The van der Waals surface area contributed by atoms with Crippen molar-refractivity contribution in [3.8, 4) is 11.5 Å². The van der Waals surface area contributed by atoms with Crippen LogP contribution >= 0.6 is 0 Å². The summed E-state index contributed by atoms with van der Waals surface area (Å²) in [6.45, 7) is 0. The number of hydrogen-bond donors (Lipinski definition) is 2. The summed E-state index contributed by atoms with van der Waals surface area (Å²) in [5.41, 5.74) is 2.73. The van der Waals surface area contributed by atoms with E-state index in [4.69, 9.17) is 0 Å². The predicted octanol–water partition coefficient (Wildman–Crippen LogP) is 3.09. The third-order valence-corrected chi connectivity index (χ3v) is 3.91. The van der Waals surface area contributed by atoms with E-state index in [1.54, 1.807) is 30.3 Å². The molecular formula is C17H16O3. The van der Waals surface area contributed by atoms with Gasteiger partial charge in [-0.3, -0.25) is 4.79 Å². The lowest BCUT2D eigenvalue weighted by atomic mass is 9.79. The molecule has 1 unspecified atom stereocenters. The van der Waals surface area contributed by atoms with Crippen LogP contribution in [0.2, 0.25) is 0 Å². The molecule has 2 aromatic carbocycles. The molecule has 1 atom stereocenters. The van der Waals surface area contributed by atoms with Gasteiger partial charge in [-0.2, -0.15) is 0 Å². The number of rotatable bonds is 2. The minimum atomic E-state index is -0.0171. The van der Waals surface area contributed by atoms with Crippen LogP contribution in [0.1, 0.15) is 27.9 Å². The van der Waals surface area contributed by atoms with Gasteiger partial charge in [0.05, 0.1) is 0 Å². The molecule has 2 aromatic rings. The summed E-state index contributed by atoms with van der Waals surface area (Å²) in [7, 11) is 0. The Morgan fingerprint density at radius 1 is 1.00 bits per heavy atom. The first-order valence-electron chi connectivity index (χ1n) is 6.77. The van der Waals surface area contributed by atoms with Crippen molar-refractivity contribution in [2.24, 2.45) is 5.92 Å². The van der Waals surface area contributed by atoms with Gasteiger partial charge in [0.15, 0.2) is 5.78 Å². The Hall–Kier alpha value is -2.29. The third-order valence-electron chi connectivity index (χ3n) is 3.91. The molecule has 3 rings (SSSR count). The van der Waals surface area contributed by atoms with Crippen molar-refractivity contribution in [2.45, 2.75) is 19.3 Å². The molecule has 0 saturated heterocycles. The van der Waals surface area contributed by atoms with E-state index in [0.29, 0.717) is 6.42 Å². The molecule has 0 bridgehead atoms. The highest BCUT2D eigenvalue weighted by molar-refractivity contribution is 6.00. The first kappa shape index (κ1) is 12.7. The number of carbonyl (C=O) groups excluding carboxylic acids is 1. The Morgan fingerprint density at radius 3 is 2.45 bits per heavy atom. The van der Waals surface area contributed by atoms with Crippen LogP contribution in [0.4, 0.5) is 0 Å². The molecular weight excluding hydrogens is 252 g/mol. The predicted molar refractivity (Wildman–Crippen MR) is 76.1 cm³/mol. The van der Waals surface area contributed by atoms with Crippen molar-refractivity contribution < 1.29 is 15.0 Å². The van der Waals surface area contributed by atoms with Gasteiger partial charge in [-0.1, -0.05) is 12.1 Å². The molecule has 102 valence electrons. The number of ketones is 1. The average molecular weight is 268 g/mol. The molecule has 1 aliphatic carbocycles. The van der Waals surface area contributed by atoms with E-state index >= 15 is 0 Å². The first-order chi connectivity index (χ1) is 9.63. The number of aromatic hydroxyl groups is 2. The maximum atomic E-state index is 12.5. The summed E-state index contributed by atoms with van der Waals surface area (Å²) in [5.74, 6) is 0.592. The Bertz CT molecular complexity index is 644. The monoisotopic (exact) mass is 268 g/mol. The molecule has 0 aliphatic heterocycles. The first-order valence-corrected chi connectivity index (χ1v) is 6.77. The van der Waals surface area contributed by atoms with Crippen LogP contribution in [0.15, 0.2) is 42.5 Å². The molecule has 0 amide bonds. The van der Waals surface area contributed by atoms with E-state index in [1.807, 2.05) is 12.1 Å². The van der Waals surface area contributed by atoms with Gasteiger partial charge in [0, 0.05) is 11.5 Å². The second-order valence-electron chi connectivity index (χ2n) is 5.31. The maximum absolute atomic E-state index is 12.5. The van der Waals surface area contributed by atoms with Crippen molar-refractivity contribution in [1.82, 2.24) is 0 Å². The summed E-state index contributed by atoms with van der Waals surface area (Å²) in [6.07, 6.45) is 2.31. The molecule has 1 aliphatic rings. The number of benzene rings is 2. The molecule has 0 heterocycles. The van der Waals surface area contributed by atoms with Crippen LogP contribution in [-0.4, -0.2) is 16.0 Å². The SMILES string of the molecule is O=C1c2ccc(O)cc2CCC1Cc1ccc(O)cc1. The number of carbonyl (C=O) groups is 1. The maximum Gasteiger partial charge on any atom is 0.166 e. The third kappa shape index (κ3) is 2.39. The zero-order chi connectivity index (χ0) is 14.1. The zero-order valence-corrected chi connectivity index (χ0v) is 11.0. The Morgan fingerprint density at radius 2 is 1.70 bits per heavy atom. The summed E-state index contributed by atoms with van der Waals surface area (Å²) >= 11 is 0. The Balaban J connectivity index is 1.81. The van der Waals surface area contributed by atoms with Gasteiger partial charge in [-0.25, -0.2) is 0 Å². The summed E-state index contributed by atoms with van der Waals surface area (Å²) in [6, 6.07) is 12.0. The quantitative estimate of drug-likeness (QED) is 0.880. The molecule has 0 aromatic heterocycles. The molecule has 0 saturated carbocycles. The number of fused-ring (bicyclic) bond motifs is 1. The van der Waals surface area contributed by atoms with Gasteiger partial charge in [-0.15, -0.1) is 0 Å². The molecule has 3 heteroatoms. The smallest absolute Gasteiger partial charge is 0.166 e. The van der Waals surface area contributed by atoms with Crippen molar-refractivity contribution >= 4 is 5.78 Å². The fraction of sp³-hybridized carbons (Fsp3) is 0.235. The van der Waals surface area contributed by atoms with Gasteiger partial charge in [-0.05, 0) is 60.7 Å². The Labute approximate surface area is 117 Å². The van der Waals surface area contributed by atoms with Crippen LogP contribution in [0, 0.1) is 5.92 Å². The van der Waals surface area contributed by atoms with Crippen molar-refractivity contribution in [3.05, 3.63) is 59.2 Å². The van der Waals surface area contributed by atoms with Gasteiger partial charge >= 0.3 is 0 Å². The number of aryl methyl sites for hydroxylation is 1. The highest BCUT2D eigenvalue weighted by Gasteiger charge is 2.27. The lowest BCUT2D eigenvalue weighted by Gasteiger charge is -2.23. The highest BCUT2D eigenvalue weighted by Crippen LogP contribution is 2.30. The number of phenolic OH excluding ortho intramolecular Hbond substituents is 2. The normalized spacial score (nSPS) is 17.8. The van der Waals surface area contributed by atoms with Crippen LogP contribution < -0.4 is 0 Å². The van der Waals surface area contributed by atoms with Crippen molar-refractivity contribution in [2.75, 3.05) is 0 Å². The topological polar surface area (TPSA) is 57.5 Å². The largest absolute Gasteiger partial charge is 0.508 e. The molecule has 0 fully saturated rings. The fourth-order valence-electron chi connectivity index (χ4n) is 2.82. The van der Waals surface area contributed by atoms with Crippen LogP contribution in [0.3, 0.4) is 0 Å². The second kappa shape index (κ2) is 5.00. The molecule has 3 nitrogen and oxygen atoms in total. The molecule has 0 radical (unpaired) electrons. The number of hydrogen-bond acceptors (Lipinski definition) is 3. The van der Waals surface area contributed by atoms with Gasteiger partial charge in [0.2, 0.25) is 0 Å². The van der Waals surface area contributed by atoms with Crippen LogP contribution in [0.5, 0.6) is 11.5 Å². The Kier molecular flexibility index (Phi) is 3.18. The van der Waals surface area contributed by atoms with Gasteiger partial charge in [0.1, 0.15) is 11.5 Å². The van der Waals surface area contributed by atoms with Gasteiger partial charge < -0.3 is 10.2 Å². The van der Waals surface area contributed by atoms with E-state index < -0.39 is 0 Å². The standard InChI is InChI=1S/C17H16O3/c18-14-5-1-11(2-6-14)9-13-4-3-12-10-15(19)7-8-16(12)17(13)20/h1-2,5-8,10,13,18-19H,3-4,9H2. The lowest BCUT2D eigenvalue weighted by molar-refractivity contribution is 0.0901. The van der Waals surface area contributed by atoms with Gasteiger partial charge in [0.25, 0.3) is 0 Å². The van der Waals surface area contributed by atoms with E-state index in [2.05, 4.69) is 0 Å². The zero-order valence-electron chi connectivity index (χ0n) is 11.0. The fourth-order valence-corrected chi connectivity index (χ4v) is 2.82.